The van der Waals surface area contributed by atoms with Gasteiger partial charge in [-0.3, -0.25) is 4.98 Å². The van der Waals surface area contributed by atoms with Gasteiger partial charge in [0.15, 0.2) is 0 Å². The summed E-state index contributed by atoms with van der Waals surface area (Å²) in [4.78, 5) is 14.0. The lowest BCUT2D eigenvalue weighted by atomic mass is 10.1. The molecule has 25 heavy (non-hydrogen) atoms. The van der Waals surface area contributed by atoms with Crippen molar-refractivity contribution < 1.29 is 36.6 Å². The van der Waals surface area contributed by atoms with E-state index in [1.54, 1.807) is 0 Å². The third kappa shape index (κ3) is 4.16. The van der Waals surface area contributed by atoms with Crippen LogP contribution in [0.5, 0.6) is 5.75 Å². The van der Waals surface area contributed by atoms with Crippen molar-refractivity contribution in [2.45, 2.75) is 19.2 Å². The Balaban J connectivity index is 2.51. The maximum absolute atomic E-state index is 14.0. The Morgan fingerprint density at radius 3 is 2.40 bits per heavy atom. The van der Waals surface area contributed by atoms with E-state index in [4.69, 9.17) is 16.3 Å². The first-order valence-electron chi connectivity index (χ1n) is 6.60. The van der Waals surface area contributed by atoms with E-state index in [0.29, 0.717) is 12.3 Å². The second kappa shape index (κ2) is 6.83. The van der Waals surface area contributed by atoms with E-state index in [-0.39, 0.29) is 16.8 Å². The van der Waals surface area contributed by atoms with Crippen LogP contribution in [0.4, 0.5) is 22.0 Å². The van der Waals surface area contributed by atoms with Crippen LogP contribution in [0.2, 0.25) is 5.02 Å². The molecule has 1 heterocycles. The molecule has 2 aromatic rings. The number of carbonyl (C=O) groups excluding carboxylic acids is 1. The molecule has 0 aliphatic heterocycles. The fraction of sp³-hybridized carbons (Fsp3) is 0.200. The number of carboxylic acid groups (broad SMARTS) is 1. The molecule has 134 valence electrons. The normalized spacial score (nSPS) is 12.8. The average molecular weight is 381 g/mol. The molecule has 1 aromatic heterocycles. The predicted octanol–water partition coefficient (Wildman–Crippen LogP) is 3.22. The summed E-state index contributed by atoms with van der Waals surface area (Å²) in [5.41, 5.74) is -2.60. The number of carboxylic acids is 1. The van der Waals surface area contributed by atoms with E-state index in [1.165, 1.54) is 0 Å². The van der Waals surface area contributed by atoms with Crippen molar-refractivity contribution >= 4 is 17.6 Å². The Bertz CT molecular complexity index is 826. The van der Waals surface area contributed by atoms with Crippen molar-refractivity contribution in [3.8, 4) is 17.0 Å². The lowest BCUT2D eigenvalue weighted by Gasteiger charge is -2.17. The van der Waals surface area contributed by atoms with Gasteiger partial charge in [-0.2, -0.15) is 13.2 Å². The van der Waals surface area contributed by atoms with Crippen LogP contribution in [-0.4, -0.2) is 17.1 Å². The monoisotopic (exact) mass is 380 g/mol. The van der Waals surface area contributed by atoms with Gasteiger partial charge in [-0.05, 0) is 25.1 Å². The quantitative estimate of drug-likeness (QED) is 0.764. The van der Waals surface area contributed by atoms with E-state index in [9.17, 15) is 31.9 Å². The summed E-state index contributed by atoms with van der Waals surface area (Å²) in [5.74, 6) is -4.41. The number of carbonyl (C=O) groups is 1. The summed E-state index contributed by atoms with van der Waals surface area (Å²) in [6.45, 7) is 1.12. The number of aromatic nitrogens is 1. The SMILES string of the molecule is CC(Oc1cc(-c2ncc(C(F)(F)F)cc2F)c(F)cc1Cl)C(=O)[O-]. The van der Waals surface area contributed by atoms with Crippen molar-refractivity contribution in [3.05, 3.63) is 46.6 Å². The highest BCUT2D eigenvalue weighted by molar-refractivity contribution is 6.32. The molecule has 0 saturated carbocycles. The van der Waals surface area contributed by atoms with Crippen LogP contribution in [0.25, 0.3) is 11.3 Å². The summed E-state index contributed by atoms with van der Waals surface area (Å²) >= 11 is 5.72. The van der Waals surface area contributed by atoms with Gasteiger partial charge in [0.2, 0.25) is 0 Å². The third-order valence-corrected chi connectivity index (χ3v) is 3.38. The van der Waals surface area contributed by atoms with E-state index >= 15 is 0 Å². The van der Waals surface area contributed by atoms with Gasteiger partial charge >= 0.3 is 6.18 Å². The maximum Gasteiger partial charge on any atom is 0.417 e. The highest BCUT2D eigenvalue weighted by Crippen LogP contribution is 2.36. The van der Waals surface area contributed by atoms with Crippen LogP contribution in [0.15, 0.2) is 24.4 Å². The van der Waals surface area contributed by atoms with Gasteiger partial charge in [0.05, 0.1) is 16.6 Å². The Morgan fingerprint density at radius 2 is 1.88 bits per heavy atom. The van der Waals surface area contributed by atoms with Crippen LogP contribution >= 0.6 is 11.6 Å². The molecule has 0 bridgehead atoms. The Kier molecular flexibility index (Phi) is 5.17. The van der Waals surface area contributed by atoms with Crippen molar-refractivity contribution in [2.75, 3.05) is 0 Å². The number of alkyl halides is 3. The molecule has 0 N–H and O–H groups in total. The third-order valence-electron chi connectivity index (χ3n) is 3.08. The summed E-state index contributed by atoms with van der Waals surface area (Å²) in [5, 5.41) is 10.4. The molecule has 0 aliphatic rings. The van der Waals surface area contributed by atoms with Crippen molar-refractivity contribution in [2.24, 2.45) is 0 Å². The molecule has 0 aliphatic carbocycles. The lowest BCUT2D eigenvalue weighted by molar-refractivity contribution is -0.312. The minimum absolute atomic E-state index is 0.167. The first-order valence-corrected chi connectivity index (χ1v) is 6.98. The standard InChI is InChI=1S/C15H9ClF5NO3/c1-6(14(23)24)25-12-3-8(10(17)4-9(12)16)13-11(18)2-7(5-22-13)15(19,20)21/h2-6H,1H3,(H,23,24)/p-1. The zero-order valence-corrected chi connectivity index (χ0v) is 13.1. The molecule has 0 spiro atoms. The summed E-state index contributed by atoms with van der Waals surface area (Å²) < 4.78 is 70.6. The van der Waals surface area contributed by atoms with Gasteiger partial charge in [0.25, 0.3) is 0 Å². The molecule has 0 amide bonds. The first-order chi connectivity index (χ1) is 11.5. The fourth-order valence-corrected chi connectivity index (χ4v) is 2.03. The molecule has 1 unspecified atom stereocenters. The zero-order chi connectivity index (χ0) is 18.9. The smallest absolute Gasteiger partial charge is 0.417 e. The van der Waals surface area contributed by atoms with Crippen LogP contribution < -0.4 is 9.84 Å². The number of pyridine rings is 1. The Labute approximate surface area is 142 Å². The number of hydrogen-bond donors (Lipinski definition) is 0. The molecule has 2 rings (SSSR count). The maximum atomic E-state index is 14.0. The average Bonchev–Trinajstić information content (AvgIpc) is 2.49. The molecular weight excluding hydrogens is 373 g/mol. The molecule has 0 saturated heterocycles. The highest BCUT2D eigenvalue weighted by atomic mass is 35.5. The van der Waals surface area contributed by atoms with Crippen LogP contribution in [-0.2, 0) is 11.0 Å². The molecule has 0 fully saturated rings. The van der Waals surface area contributed by atoms with Crippen molar-refractivity contribution in [1.29, 1.82) is 0 Å². The van der Waals surface area contributed by atoms with Gasteiger partial charge in [-0.15, -0.1) is 0 Å². The predicted molar refractivity (Wildman–Crippen MR) is 74.7 cm³/mol. The van der Waals surface area contributed by atoms with E-state index in [2.05, 4.69) is 4.98 Å². The van der Waals surface area contributed by atoms with Crippen molar-refractivity contribution in [1.82, 2.24) is 4.98 Å². The molecule has 1 aromatic carbocycles. The topological polar surface area (TPSA) is 62.2 Å². The van der Waals surface area contributed by atoms with Crippen molar-refractivity contribution in [3.63, 3.8) is 0 Å². The number of nitrogens with zero attached hydrogens (tertiary/aromatic N) is 1. The number of rotatable bonds is 4. The zero-order valence-electron chi connectivity index (χ0n) is 12.3. The summed E-state index contributed by atoms with van der Waals surface area (Å²) in [7, 11) is 0. The second-order valence-electron chi connectivity index (χ2n) is 4.89. The summed E-state index contributed by atoms with van der Waals surface area (Å²) in [6, 6.07) is 1.71. The molecule has 0 radical (unpaired) electrons. The van der Waals surface area contributed by atoms with Gasteiger partial charge in [-0.25, -0.2) is 8.78 Å². The first kappa shape index (κ1) is 18.9. The van der Waals surface area contributed by atoms with Gasteiger partial charge < -0.3 is 14.6 Å². The number of hydrogen-bond acceptors (Lipinski definition) is 4. The lowest BCUT2D eigenvalue weighted by Crippen LogP contribution is -2.37. The molecular formula is C15H8ClF5NO3-. The van der Waals surface area contributed by atoms with E-state index < -0.39 is 46.7 Å². The molecule has 10 heteroatoms. The van der Waals surface area contributed by atoms with Crippen LogP contribution in [0.3, 0.4) is 0 Å². The fourth-order valence-electron chi connectivity index (χ4n) is 1.83. The minimum atomic E-state index is -4.82. The minimum Gasteiger partial charge on any atom is -0.546 e. The van der Waals surface area contributed by atoms with Gasteiger partial charge in [0.1, 0.15) is 29.2 Å². The number of ether oxygens (including phenoxy) is 1. The largest absolute Gasteiger partial charge is 0.546 e. The van der Waals surface area contributed by atoms with E-state index in [0.717, 1.165) is 13.0 Å². The van der Waals surface area contributed by atoms with Crippen LogP contribution in [0.1, 0.15) is 12.5 Å². The van der Waals surface area contributed by atoms with Crippen LogP contribution in [0, 0.1) is 11.6 Å². The van der Waals surface area contributed by atoms with E-state index in [1.807, 2.05) is 0 Å². The Morgan fingerprint density at radius 1 is 1.24 bits per heavy atom. The Hall–Kier alpha value is -2.42. The second-order valence-corrected chi connectivity index (χ2v) is 5.30. The molecule has 1 atom stereocenters. The van der Waals surface area contributed by atoms with Gasteiger partial charge in [-0.1, -0.05) is 11.6 Å². The number of aliphatic carboxylic acids is 1. The molecule has 4 nitrogen and oxygen atoms in total. The number of benzene rings is 1. The summed E-state index contributed by atoms with van der Waals surface area (Å²) in [6.07, 6.45) is -5.93. The number of halogens is 6. The highest BCUT2D eigenvalue weighted by Gasteiger charge is 2.32. The van der Waals surface area contributed by atoms with Gasteiger partial charge in [0, 0.05) is 11.8 Å².